The van der Waals surface area contributed by atoms with Gasteiger partial charge in [-0.15, -0.1) is 0 Å². The number of amides is 1. The lowest BCUT2D eigenvalue weighted by Crippen LogP contribution is -2.44. The highest BCUT2D eigenvalue weighted by molar-refractivity contribution is 5.92. The molecule has 1 N–H and O–H groups in total. The summed E-state index contributed by atoms with van der Waals surface area (Å²) in [6.45, 7) is 6.60. The van der Waals surface area contributed by atoms with Gasteiger partial charge >= 0.3 is 0 Å². The van der Waals surface area contributed by atoms with Gasteiger partial charge in [0.2, 0.25) is 0 Å². The molecule has 2 rings (SSSR count). The van der Waals surface area contributed by atoms with Crippen molar-refractivity contribution >= 4 is 5.91 Å². The minimum atomic E-state index is 0.0251. The van der Waals surface area contributed by atoms with E-state index in [-0.39, 0.29) is 5.91 Å². The van der Waals surface area contributed by atoms with Crippen molar-refractivity contribution in [2.75, 3.05) is 46.3 Å². The van der Waals surface area contributed by atoms with Gasteiger partial charge in [-0.3, -0.25) is 4.79 Å². The molecule has 2 heterocycles. The number of unbranched alkanes of at least 4 members (excludes halogenated alkanes) is 1. The molecule has 0 aliphatic carbocycles. The summed E-state index contributed by atoms with van der Waals surface area (Å²) in [6, 6.07) is 3.74. The van der Waals surface area contributed by atoms with Crippen molar-refractivity contribution in [2.45, 2.75) is 12.8 Å². The van der Waals surface area contributed by atoms with Gasteiger partial charge in [-0.2, -0.15) is 0 Å². The lowest BCUT2D eigenvalue weighted by molar-refractivity contribution is 0.0944. The number of carbonyl (C=O) groups is 1. The van der Waals surface area contributed by atoms with Gasteiger partial charge in [-0.25, -0.2) is 0 Å². The summed E-state index contributed by atoms with van der Waals surface area (Å²) in [7, 11) is 4.07. The van der Waals surface area contributed by atoms with Gasteiger partial charge in [-0.1, -0.05) is 0 Å². The van der Waals surface area contributed by atoms with Gasteiger partial charge < -0.3 is 19.7 Å². The molecule has 5 heteroatoms. The summed E-state index contributed by atoms with van der Waals surface area (Å²) in [5.41, 5.74) is 0.726. The second-order valence-electron chi connectivity index (χ2n) is 5.61. The van der Waals surface area contributed by atoms with E-state index in [1.54, 1.807) is 0 Å². The van der Waals surface area contributed by atoms with Crippen LogP contribution in [0.2, 0.25) is 0 Å². The Kier molecular flexibility index (Phi) is 5.61. The molecule has 112 valence electrons. The molecule has 0 unspecified atom stereocenters. The fourth-order valence-corrected chi connectivity index (χ4v) is 2.52. The van der Waals surface area contributed by atoms with Gasteiger partial charge in [0.15, 0.2) is 0 Å². The first-order valence-corrected chi connectivity index (χ1v) is 7.47. The molecule has 1 amide bonds. The third-order valence-corrected chi connectivity index (χ3v) is 3.96. The summed E-state index contributed by atoms with van der Waals surface area (Å²) in [4.78, 5) is 16.8. The maximum atomic E-state index is 11.9. The zero-order chi connectivity index (χ0) is 14.4. The van der Waals surface area contributed by atoms with Crippen LogP contribution in [0.15, 0.2) is 18.3 Å². The van der Waals surface area contributed by atoms with Gasteiger partial charge in [0.05, 0.1) is 0 Å². The number of hydrogen-bond acceptors (Lipinski definition) is 3. The Balaban J connectivity index is 1.56. The molecule has 1 saturated heterocycles. The minimum absolute atomic E-state index is 0.0251. The molecular weight excluding hydrogens is 252 g/mol. The summed E-state index contributed by atoms with van der Waals surface area (Å²) in [5.74, 6) is 0.0251. The summed E-state index contributed by atoms with van der Waals surface area (Å²) >= 11 is 0. The van der Waals surface area contributed by atoms with E-state index in [0.717, 1.165) is 31.6 Å². The zero-order valence-electron chi connectivity index (χ0n) is 12.6. The Morgan fingerprint density at radius 1 is 1.20 bits per heavy atom. The van der Waals surface area contributed by atoms with Crippen LogP contribution in [0, 0.1) is 0 Å². The van der Waals surface area contributed by atoms with Gasteiger partial charge in [0, 0.05) is 46.0 Å². The van der Waals surface area contributed by atoms with Gasteiger partial charge in [-0.05, 0) is 38.6 Å². The van der Waals surface area contributed by atoms with Crippen LogP contribution in [0.25, 0.3) is 0 Å². The normalized spacial score (nSPS) is 17.3. The Morgan fingerprint density at radius 3 is 2.60 bits per heavy atom. The molecule has 0 radical (unpaired) electrons. The van der Waals surface area contributed by atoms with Crippen molar-refractivity contribution in [1.82, 2.24) is 19.7 Å². The molecule has 1 aliphatic rings. The Bertz CT molecular complexity index is 421. The quantitative estimate of drug-likeness (QED) is 0.782. The molecule has 0 aromatic carbocycles. The highest BCUT2D eigenvalue weighted by Crippen LogP contribution is 2.02. The number of nitrogens with one attached hydrogen (secondary N) is 1. The Hall–Kier alpha value is -1.33. The molecule has 0 atom stereocenters. The Labute approximate surface area is 121 Å². The standard InChI is InChI=1S/C15H26N4O/c1-17-10-12-19(13-11-17)9-4-3-7-16-15(20)14-6-5-8-18(14)2/h5-6,8H,3-4,7,9-13H2,1-2H3,(H,16,20). The smallest absolute Gasteiger partial charge is 0.267 e. The van der Waals surface area contributed by atoms with E-state index in [4.69, 9.17) is 0 Å². The number of aromatic nitrogens is 1. The van der Waals surface area contributed by atoms with Crippen LogP contribution < -0.4 is 5.32 Å². The van der Waals surface area contributed by atoms with Crippen molar-refractivity contribution in [1.29, 1.82) is 0 Å². The fraction of sp³-hybridized carbons (Fsp3) is 0.667. The zero-order valence-corrected chi connectivity index (χ0v) is 12.6. The molecule has 0 saturated carbocycles. The van der Waals surface area contributed by atoms with Crippen LogP contribution in [0.4, 0.5) is 0 Å². The first-order chi connectivity index (χ1) is 9.66. The van der Waals surface area contributed by atoms with Crippen molar-refractivity contribution in [2.24, 2.45) is 7.05 Å². The summed E-state index contributed by atoms with van der Waals surface area (Å²) in [6.07, 6.45) is 4.09. The van der Waals surface area contributed by atoms with Crippen LogP contribution in [0.3, 0.4) is 0 Å². The third kappa shape index (κ3) is 4.35. The summed E-state index contributed by atoms with van der Waals surface area (Å²) < 4.78 is 1.85. The first-order valence-electron chi connectivity index (χ1n) is 7.47. The average molecular weight is 278 g/mol. The molecule has 20 heavy (non-hydrogen) atoms. The third-order valence-electron chi connectivity index (χ3n) is 3.96. The highest BCUT2D eigenvalue weighted by Gasteiger charge is 2.13. The molecule has 1 aromatic rings. The van der Waals surface area contributed by atoms with Gasteiger partial charge in [0.25, 0.3) is 5.91 Å². The number of piperazine rings is 1. The first kappa shape index (κ1) is 15.1. The molecule has 5 nitrogen and oxygen atoms in total. The topological polar surface area (TPSA) is 40.5 Å². The molecule has 1 aromatic heterocycles. The van der Waals surface area contributed by atoms with Crippen LogP contribution in [0.1, 0.15) is 23.3 Å². The number of likely N-dealkylation sites (N-methyl/N-ethyl adjacent to an activating group) is 1. The van der Waals surface area contributed by atoms with Crippen molar-refractivity contribution < 1.29 is 4.79 Å². The van der Waals surface area contributed by atoms with Crippen LogP contribution in [0.5, 0.6) is 0 Å². The molecule has 0 spiro atoms. The number of aryl methyl sites for hydroxylation is 1. The lowest BCUT2D eigenvalue weighted by atomic mass is 10.2. The molecule has 1 fully saturated rings. The van der Waals surface area contributed by atoms with E-state index < -0.39 is 0 Å². The summed E-state index contributed by atoms with van der Waals surface area (Å²) in [5, 5.41) is 2.98. The maximum Gasteiger partial charge on any atom is 0.267 e. The van der Waals surface area contributed by atoms with Crippen molar-refractivity contribution in [3.8, 4) is 0 Å². The fourth-order valence-electron chi connectivity index (χ4n) is 2.52. The number of hydrogen-bond donors (Lipinski definition) is 1. The van der Waals surface area contributed by atoms with Crippen LogP contribution in [-0.4, -0.2) is 66.6 Å². The van der Waals surface area contributed by atoms with Gasteiger partial charge in [0.1, 0.15) is 5.69 Å². The molecule has 1 aliphatic heterocycles. The van der Waals surface area contributed by atoms with E-state index >= 15 is 0 Å². The number of rotatable bonds is 6. The molecule has 0 bridgehead atoms. The van der Waals surface area contributed by atoms with E-state index in [1.165, 1.54) is 26.2 Å². The second kappa shape index (κ2) is 7.45. The predicted molar refractivity (Wildman–Crippen MR) is 80.9 cm³/mol. The van der Waals surface area contributed by atoms with E-state index in [1.807, 2.05) is 29.9 Å². The number of carbonyl (C=O) groups excluding carboxylic acids is 1. The van der Waals surface area contributed by atoms with Crippen LogP contribution in [-0.2, 0) is 7.05 Å². The average Bonchev–Trinajstić information content (AvgIpc) is 2.86. The van der Waals surface area contributed by atoms with Crippen molar-refractivity contribution in [3.05, 3.63) is 24.0 Å². The maximum absolute atomic E-state index is 11.9. The van der Waals surface area contributed by atoms with Crippen molar-refractivity contribution in [3.63, 3.8) is 0 Å². The largest absolute Gasteiger partial charge is 0.351 e. The van der Waals surface area contributed by atoms with E-state index in [9.17, 15) is 4.79 Å². The highest BCUT2D eigenvalue weighted by atomic mass is 16.1. The lowest BCUT2D eigenvalue weighted by Gasteiger charge is -2.32. The van der Waals surface area contributed by atoms with E-state index in [0.29, 0.717) is 0 Å². The SMILES string of the molecule is CN1CCN(CCCCNC(=O)c2cccn2C)CC1. The molecular formula is C15H26N4O. The van der Waals surface area contributed by atoms with E-state index in [2.05, 4.69) is 22.2 Å². The predicted octanol–water partition coefficient (Wildman–Crippen LogP) is 0.782. The second-order valence-corrected chi connectivity index (χ2v) is 5.61. The van der Waals surface area contributed by atoms with Crippen LogP contribution >= 0.6 is 0 Å². The minimum Gasteiger partial charge on any atom is -0.351 e. The number of nitrogens with zero attached hydrogens (tertiary/aromatic N) is 3. The monoisotopic (exact) mass is 278 g/mol. The Morgan fingerprint density at radius 2 is 1.95 bits per heavy atom.